The molecule has 2 amide bonds. The van der Waals surface area contributed by atoms with E-state index >= 15 is 0 Å². The van der Waals surface area contributed by atoms with E-state index in [1.165, 1.54) is 19.1 Å². The second kappa shape index (κ2) is 7.93. The molecule has 6 heteroatoms. The highest BCUT2D eigenvalue weighted by atomic mass is 35.5. The van der Waals surface area contributed by atoms with E-state index in [1.807, 2.05) is 19.1 Å². The highest BCUT2D eigenvalue weighted by Crippen LogP contribution is 2.17. The van der Waals surface area contributed by atoms with E-state index in [1.54, 1.807) is 12.1 Å². The summed E-state index contributed by atoms with van der Waals surface area (Å²) in [4.78, 5) is 23.3. The van der Waals surface area contributed by atoms with E-state index in [0.29, 0.717) is 11.4 Å². The van der Waals surface area contributed by atoms with Crippen molar-refractivity contribution in [2.75, 3.05) is 5.32 Å². The van der Waals surface area contributed by atoms with Crippen molar-refractivity contribution in [2.24, 2.45) is 0 Å². The van der Waals surface area contributed by atoms with Gasteiger partial charge in [-0.25, -0.2) is 4.39 Å². The van der Waals surface area contributed by atoms with Gasteiger partial charge >= 0.3 is 0 Å². The fraction of sp³-hybridized carbons (Fsp3) is 0.222. The molecule has 0 fully saturated rings. The Morgan fingerprint density at radius 3 is 2.46 bits per heavy atom. The zero-order chi connectivity index (χ0) is 17.7. The van der Waals surface area contributed by atoms with Crippen LogP contribution in [-0.2, 0) is 11.2 Å². The molecule has 4 nitrogen and oxygen atoms in total. The maximum atomic E-state index is 13.6. The number of carbonyl (C=O) groups excluding carboxylic acids is 2. The average molecular weight is 349 g/mol. The van der Waals surface area contributed by atoms with Crippen LogP contribution in [0.3, 0.4) is 0 Å². The van der Waals surface area contributed by atoms with Crippen molar-refractivity contribution in [1.29, 1.82) is 0 Å². The first kappa shape index (κ1) is 17.9. The highest BCUT2D eigenvalue weighted by Gasteiger charge is 2.13. The fourth-order valence-corrected chi connectivity index (χ4v) is 2.41. The van der Waals surface area contributed by atoms with Crippen LogP contribution in [0.4, 0.5) is 10.1 Å². The maximum Gasteiger partial charge on any atom is 0.251 e. The van der Waals surface area contributed by atoms with E-state index in [-0.39, 0.29) is 23.2 Å². The molecule has 2 aromatic carbocycles. The molecule has 2 N–H and O–H groups in total. The highest BCUT2D eigenvalue weighted by molar-refractivity contribution is 6.30. The number of amides is 2. The van der Waals surface area contributed by atoms with Crippen molar-refractivity contribution < 1.29 is 14.0 Å². The van der Waals surface area contributed by atoms with Crippen LogP contribution in [0.2, 0.25) is 5.02 Å². The molecule has 1 atom stereocenters. The average Bonchev–Trinajstić information content (AvgIpc) is 2.51. The van der Waals surface area contributed by atoms with Gasteiger partial charge in [0.1, 0.15) is 5.82 Å². The maximum absolute atomic E-state index is 13.6. The third kappa shape index (κ3) is 5.06. The standard InChI is InChI=1S/C18H18ClFN2O2/c1-11(9-13-3-6-15(19)7-4-13)21-18(24)14-5-8-16(20)17(10-14)22-12(2)23/h3-8,10-11H,9H2,1-2H3,(H,21,24)(H,22,23). The lowest BCUT2D eigenvalue weighted by Gasteiger charge is -2.15. The Kier molecular flexibility index (Phi) is 5.93. The van der Waals surface area contributed by atoms with Gasteiger partial charge in [0, 0.05) is 23.6 Å². The van der Waals surface area contributed by atoms with Gasteiger partial charge in [-0.1, -0.05) is 23.7 Å². The van der Waals surface area contributed by atoms with Crippen molar-refractivity contribution in [2.45, 2.75) is 26.3 Å². The minimum atomic E-state index is -0.587. The second-order valence-electron chi connectivity index (χ2n) is 5.58. The van der Waals surface area contributed by atoms with Crippen molar-refractivity contribution in [3.05, 3.63) is 64.4 Å². The van der Waals surface area contributed by atoms with Crippen LogP contribution in [0, 0.1) is 5.82 Å². The summed E-state index contributed by atoms with van der Waals surface area (Å²) in [6, 6.07) is 11.1. The molecule has 2 rings (SSSR count). The molecule has 0 aromatic heterocycles. The molecule has 0 aliphatic carbocycles. The molecule has 1 unspecified atom stereocenters. The quantitative estimate of drug-likeness (QED) is 0.863. The van der Waals surface area contributed by atoms with E-state index in [0.717, 1.165) is 11.6 Å². The molecule has 0 saturated carbocycles. The monoisotopic (exact) mass is 348 g/mol. The predicted molar refractivity (Wildman–Crippen MR) is 92.8 cm³/mol. The SMILES string of the molecule is CC(=O)Nc1cc(C(=O)NC(C)Cc2ccc(Cl)cc2)ccc1F. The molecule has 24 heavy (non-hydrogen) atoms. The lowest BCUT2D eigenvalue weighted by Crippen LogP contribution is -2.34. The summed E-state index contributed by atoms with van der Waals surface area (Å²) in [7, 11) is 0. The number of halogens is 2. The fourth-order valence-electron chi connectivity index (χ4n) is 2.28. The number of anilines is 1. The Morgan fingerprint density at radius 2 is 1.83 bits per heavy atom. The summed E-state index contributed by atoms with van der Waals surface area (Å²) < 4.78 is 13.6. The smallest absolute Gasteiger partial charge is 0.251 e. The van der Waals surface area contributed by atoms with Crippen LogP contribution in [0.15, 0.2) is 42.5 Å². The molecule has 126 valence electrons. The summed E-state index contributed by atoms with van der Waals surface area (Å²) in [6.45, 7) is 3.16. The number of nitrogens with one attached hydrogen (secondary N) is 2. The molecule has 2 aromatic rings. The van der Waals surface area contributed by atoms with Crippen molar-refractivity contribution in [1.82, 2.24) is 5.32 Å². The number of hydrogen-bond acceptors (Lipinski definition) is 2. The summed E-state index contributed by atoms with van der Waals surface area (Å²) >= 11 is 5.85. The Hall–Kier alpha value is -2.40. The topological polar surface area (TPSA) is 58.2 Å². The molecule has 0 spiro atoms. The minimum absolute atomic E-state index is 0.0134. The molecule has 0 aliphatic heterocycles. The molecular weight excluding hydrogens is 331 g/mol. The lowest BCUT2D eigenvalue weighted by atomic mass is 10.1. The first-order valence-electron chi connectivity index (χ1n) is 7.47. The first-order valence-corrected chi connectivity index (χ1v) is 7.85. The van der Waals surface area contributed by atoms with Gasteiger partial charge in [-0.2, -0.15) is 0 Å². The second-order valence-corrected chi connectivity index (χ2v) is 6.02. The Bertz CT molecular complexity index is 747. The summed E-state index contributed by atoms with van der Waals surface area (Å²) in [5.41, 5.74) is 1.31. The van der Waals surface area contributed by atoms with Crippen LogP contribution in [0.5, 0.6) is 0 Å². The number of hydrogen-bond donors (Lipinski definition) is 2. The van der Waals surface area contributed by atoms with Crippen molar-refractivity contribution in [3.63, 3.8) is 0 Å². The molecule has 0 aliphatic rings. The van der Waals surface area contributed by atoms with E-state index < -0.39 is 11.7 Å². The normalized spacial score (nSPS) is 11.7. The zero-order valence-corrected chi connectivity index (χ0v) is 14.2. The number of carbonyl (C=O) groups is 2. The Balaban J connectivity index is 2.03. The summed E-state index contributed by atoms with van der Waals surface area (Å²) in [5, 5.41) is 5.87. The number of benzene rings is 2. The van der Waals surface area contributed by atoms with Crippen molar-refractivity contribution >= 4 is 29.1 Å². The minimum Gasteiger partial charge on any atom is -0.349 e. The molecular formula is C18H18ClFN2O2. The van der Waals surface area contributed by atoms with Gasteiger partial charge in [0.05, 0.1) is 5.69 Å². The number of rotatable bonds is 5. The predicted octanol–water partition coefficient (Wildman–Crippen LogP) is 3.80. The third-order valence-corrected chi connectivity index (χ3v) is 3.62. The first-order chi connectivity index (χ1) is 11.3. The van der Waals surface area contributed by atoms with Crippen LogP contribution >= 0.6 is 11.6 Å². The largest absolute Gasteiger partial charge is 0.349 e. The third-order valence-electron chi connectivity index (χ3n) is 3.37. The Morgan fingerprint density at radius 1 is 1.17 bits per heavy atom. The van der Waals surface area contributed by atoms with Gasteiger partial charge in [0.2, 0.25) is 5.91 Å². The van der Waals surface area contributed by atoms with E-state index in [9.17, 15) is 14.0 Å². The van der Waals surface area contributed by atoms with Crippen LogP contribution in [-0.4, -0.2) is 17.9 Å². The summed E-state index contributed by atoms with van der Waals surface area (Å²) in [5.74, 6) is -1.32. The lowest BCUT2D eigenvalue weighted by molar-refractivity contribution is -0.114. The van der Waals surface area contributed by atoms with Gasteiger partial charge in [-0.15, -0.1) is 0 Å². The van der Waals surface area contributed by atoms with Crippen LogP contribution in [0.1, 0.15) is 29.8 Å². The molecule has 0 saturated heterocycles. The Labute approximate surface area is 145 Å². The van der Waals surface area contributed by atoms with Gasteiger partial charge < -0.3 is 10.6 Å². The summed E-state index contributed by atoms with van der Waals surface area (Å²) in [6.07, 6.45) is 0.642. The zero-order valence-electron chi connectivity index (χ0n) is 13.4. The molecule has 0 radical (unpaired) electrons. The van der Waals surface area contributed by atoms with Gasteiger partial charge in [-0.3, -0.25) is 9.59 Å². The molecule has 0 heterocycles. The van der Waals surface area contributed by atoms with Crippen LogP contribution < -0.4 is 10.6 Å². The van der Waals surface area contributed by atoms with Gasteiger partial charge in [-0.05, 0) is 49.2 Å². The molecule has 0 bridgehead atoms. The van der Waals surface area contributed by atoms with E-state index in [2.05, 4.69) is 10.6 Å². The van der Waals surface area contributed by atoms with Crippen LogP contribution in [0.25, 0.3) is 0 Å². The van der Waals surface area contributed by atoms with Crippen molar-refractivity contribution in [3.8, 4) is 0 Å². The van der Waals surface area contributed by atoms with Gasteiger partial charge in [0.25, 0.3) is 5.91 Å². The van der Waals surface area contributed by atoms with Gasteiger partial charge in [0.15, 0.2) is 0 Å². The van der Waals surface area contributed by atoms with E-state index in [4.69, 9.17) is 11.6 Å².